The van der Waals surface area contributed by atoms with Crippen LogP contribution in [0.4, 0.5) is 0 Å². The highest BCUT2D eigenvalue weighted by Gasteiger charge is 1.98. The molecule has 2 nitrogen and oxygen atoms in total. The Hall–Kier alpha value is -0.970. The van der Waals surface area contributed by atoms with E-state index in [-0.39, 0.29) is 5.97 Å². The Morgan fingerprint density at radius 3 is 1.76 bits per heavy atom. The number of esters is 1. The average molecular weight is 294 g/mol. The van der Waals surface area contributed by atoms with E-state index in [1.807, 2.05) is 0 Å². The van der Waals surface area contributed by atoms with Gasteiger partial charge in [-0.3, -0.25) is 4.79 Å². The van der Waals surface area contributed by atoms with Gasteiger partial charge in [-0.25, -0.2) is 0 Å². The Morgan fingerprint density at radius 1 is 0.762 bits per heavy atom. The summed E-state index contributed by atoms with van der Waals surface area (Å²) in [6, 6.07) is 0. The van der Waals surface area contributed by atoms with Crippen LogP contribution in [0.15, 0.2) is 0 Å². The van der Waals surface area contributed by atoms with Gasteiger partial charge in [0.05, 0.1) is 7.11 Å². The molecule has 0 aliphatic heterocycles. The van der Waals surface area contributed by atoms with Gasteiger partial charge in [0.15, 0.2) is 0 Å². The van der Waals surface area contributed by atoms with Crippen molar-refractivity contribution in [1.82, 2.24) is 0 Å². The third-order valence-corrected chi connectivity index (χ3v) is 3.69. The highest BCUT2D eigenvalue weighted by molar-refractivity contribution is 5.68. The van der Waals surface area contributed by atoms with Gasteiger partial charge in [-0.1, -0.05) is 58.3 Å². The summed E-state index contributed by atoms with van der Waals surface area (Å²) in [6.45, 7) is 2.23. The maximum atomic E-state index is 10.9. The van der Waals surface area contributed by atoms with E-state index in [1.54, 1.807) is 0 Å². The molecule has 122 valence electrons. The van der Waals surface area contributed by atoms with Crippen molar-refractivity contribution in [2.75, 3.05) is 7.11 Å². The first-order valence-corrected chi connectivity index (χ1v) is 8.83. The molecule has 0 saturated heterocycles. The number of carbonyl (C=O) groups is 1. The van der Waals surface area contributed by atoms with Gasteiger partial charge in [0.1, 0.15) is 0 Å². The summed E-state index contributed by atoms with van der Waals surface area (Å²) in [5.41, 5.74) is 0. The lowest BCUT2D eigenvalue weighted by Gasteiger charge is -2.01. The summed E-state index contributed by atoms with van der Waals surface area (Å²) in [4.78, 5) is 10.9. The van der Waals surface area contributed by atoms with Crippen molar-refractivity contribution in [3.05, 3.63) is 0 Å². The summed E-state index contributed by atoms with van der Waals surface area (Å²) >= 11 is 0. The van der Waals surface area contributed by atoms with Crippen LogP contribution in [0.1, 0.15) is 96.8 Å². The molecule has 0 aliphatic carbocycles. The molecule has 0 spiro atoms. The van der Waals surface area contributed by atoms with E-state index in [0.717, 1.165) is 25.7 Å². The molecule has 0 radical (unpaired) electrons. The maximum absolute atomic E-state index is 10.9. The minimum Gasteiger partial charge on any atom is -0.469 e. The molecule has 0 heterocycles. The molecule has 0 aliphatic rings. The van der Waals surface area contributed by atoms with E-state index in [9.17, 15) is 4.79 Å². The second kappa shape index (κ2) is 17.1. The summed E-state index contributed by atoms with van der Waals surface area (Å²) in [7, 11) is 1.46. The zero-order valence-corrected chi connectivity index (χ0v) is 14.2. The lowest BCUT2D eigenvalue weighted by molar-refractivity contribution is -0.140. The molecule has 0 N–H and O–H groups in total. The van der Waals surface area contributed by atoms with Crippen molar-refractivity contribution in [2.24, 2.45) is 0 Å². The minimum absolute atomic E-state index is 0.0780. The molecule has 0 amide bonds. The number of methoxy groups -OCH3 is 1. The summed E-state index contributed by atoms with van der Waals surface area (Å²) < 4.78 is 4.62. The van der Waals surface area contributed by atoms with Crippen LogP contribution in [0.3, 0.4) is 0 Å². The molecular formula is C19H34O2. The number of rotatable bonds is 13. The molecule has 0 bridgehead atoms. The number of carbonyl (C=O) groups excluding carboxylic acids is 1. The molecule has 0 atom stereocenters. The van der Waals surface area contributed by atoms with Gasteiger partial charge in [-0.2, -0.15) is 0 Å². The number of ether oxygens (including phenoxy) is 1. The van der Waals surface area contributed by atoms with Crippen LogP contribution in [0, 0.1) is 11.8 Å². The topological polar surface area (TPSA) is 26.3 Å². The normalized spacial score (nSPS) is 10.0. The van der Waals surface area contributed by atoms with Gasteiger partial charge in [-0.05, 0) is 19.3 Å². The van der Waals surface area contributed by atoms with Crippen molar-refractivity contribution >= 4 is 5.97 Å². The van der Waals surface area contributed by atoms with Gasteiger partial charge in [0.25, 0.3) is 0 Å². The Bertz CT molecular complexity index is 286. The van der Waals surface area contributed by atoms with Crippen molar-refractivity contribution in [3.63, 3.8) is 0 Å². The van der Waals surface area contributed by atoms with Crippen molar-refractivity contribution in [2.45, 2.75) is 96.8 Å². The summed E-state index contributed by atoms with van der Waals surface area (Å²) in [5, 5.41) is 0. The molecule has 2 heteroatoms. The van der Waals surface area contributed by atoms with Crippen LogP contribution in [0.25, 0.3) is 0 Å². The molecule has 0 unspecified atom stereocenters. The van der Waals surface area contributed by atoms with Crippen molar-refractivity contribution in [1.29, 1.82) is 0 Å². The van der Waals surface area contributed by atoms with Crippen LogP contribution < -0.4 is 0 Å². The summed E-state index contributed by atoms with van der Waals surface area (Å²) in [6.07, 6.45) is 16.5. The molecular weight excluding hydrogens is 260 g/mol. The van der Waals surface area contributed by atoms with Gasteiger partial charge in [0.2, 0.25) is 0 Å². The Kier molecular flexibility index (Phi) is 16.3. The minimum atomic E-state index is -0.0780. The highest BCUT2D eigenvalue weighted by Crippen LogP contribution is 2.10. The highest BCUT2D eigenvalue weighted by atomic mass is 16.5. The molecule has 0 aromatic rings. The van der Waals surface area contributed by atoms with Gasteiger partial charge in [-0.15, -0.1) is 11.8 Å². The predicted octanol–water partition coefficient (Wildman–Crippen LogP) is 5.64. The number of hydrogen-bond acceptors (Lipinski definition) is 2. The number of hydrogen-bond donors (Lipinski definition) is 0. The van der Waals surface area contributed by atoms with E-state index < -0.39 is 0 Å². The molecule has 0 rings (SSSR count). The second-order valence-electron chi connectivity index (χ2n) is 5.72. The van der Waals surface area contributed by atoms with E-state index in [0.29, 0.717) is 6.42 Å². The largest absolute Gasteiger partial charge is 0.469 e. The third kappa shape index (κ3) is 17.0. The van der Waals surface area contributed by atoms with Crippen molar-refractivity contribution < 1.29 is 9.53 Å². The fraction of sp³-hybridized carbons (Fsp3) is 0.842. The number of unbranched alkanes of at least 4 members (excludes halogenated alkanes) is 11. The molecule has 0 aromatic heterocycles. The average Bonchev–Trinajstić information content (AvgIpc) is 2.50. The van der Waals surface area contributed by atoms with E-state index in [4.69, 9.17) is 0 Å². The smallest absolute Gasteiger partial charge is 0.305 e. The Morgan fingerprint density at radius 2 is 1.24 bits per heavy atom. The van der Waals surface area contributed by atoms with Crippen LogP contribution >= 0.6 is 0 Å². The zero-order valence-electron chi connectivity index (χ0n) is 14.2. The van der Waals surface area contributed by atoms with E-state index in [1.165, 1.54) is 64.9 Å². The van der Waals surface area contributed by atoms with Gasteiger partial charge < -0.3 is 4.74 Å². The maximum Gasteiger partial charge on any atom is 0.305 e. The summed E-state index contributed by atoms with van der Waals surface area (Å²) in [5.74, 6) is 6.48. The fourth-order valence-electron chi connectivity index (χ4n) is 2.29. The monoisotopic (exact) mass is 294 g/mol. The standard InChI is InChI=1S/C19H34O2/c1-3-4-5-6-7-8-9-10-11-12-13-14-15-16-17-18-19(20)21-2/h3-6,9-18H2,1-2H3. The van der Waals surface area contributed by atoms with Gasteiger partial charge >= 0.3 is 5.97 Å². The van der Waals surface area contributed by atoms with Crippen LogP contribution in [-0.4, -0.2) is 13.1 Å². The van der Waals surface area contributed by atoms with Crippen molar-refractivity contribution in [3.8, 4) is 11.8 Å². The first-order valence-electron chi connectivity index (χ1n) is 8.83. The quantitative estimate of drug-likeness (QED) is 0.249. The molecule has 0 aromatic carbocycles. The lowest BCUT2D eigenvalue weighted by Crippen LogP contribution is -1.99. The predicted molar refractivity (Wildman–Crippen MR) is 90.1 cm³/mol. The Labute approximate surface area is 132 Å². The zero-order chi connectivity index (χ0) is 15.6. The van der Waals surface area contributed by atoms with Crippen LogP contribution in [0.5, 0.6) is 0 Å². The van der Waals surface area contributed by atoms with E-state index >= 15 is 0 Å². The van der Waals surface area contributed by atoms with Crippen LogP contribution in [-0.2, 0) is 9.53 Å². The first-order chi connectivity index (χ1) is 10.3. The van der Waals surface area contributed by atoms with Crippen LogP contribution in [0.2, 0.25) is 0 Å². The third-order valence-electron chi connectivity index (χ3n) is 3.69. The molecule has 21 heavy (non-hydrogen) atoms. The van der Waals surface area contributed by atoms with Gasteiger partial charge in [0, 0.05) is 19.3 Å². The fourth-order valence-corrected chi connectivity index (χ4v) is 2.29. The first kappa shape index (κ1) is 20.0. The Balaban J connectivity index is 3.10. The SMILES string of the molecule is CCCCCC#CCCCCCCCCCCC(=O)OC. The molecule has 0 fully saturated rings. The second-order valence-corrected chi connectivity index (χ2v) is 5.72. The molecule has 0 saturated carbocycles. The van der Waals surface area contributed by atoms with E-state index in [2.05, 4.69) is 23.5 Å². The lowest BCUT2D eigenvalue weighted by atomic mass is 10.1.